The van der Waals surface area contributed by atoms with Crippen LogP contribution in [-0.4, -0.2) is 36.6 Å². The maximum atomic E-state index is 13.0. The normalized spacial score (nSPS) is 21.0. The van der Waals surface area contributed by atoms with Crippen LogP contribution in [0.15, 0.2) is 77.7 Å². The predicted octanol–water partition coefficient (Wildman–Crippen LogP) is 2.59. The van der Waals surface area contributed by atoms with Crippen molar-refractivity contribution in [2.24, 2.45) is 0 Å². The van der Waals surface area contributed by atoms with Crippen LogP contribution in [0.3, 0.4) is 0 Å². The van der Waals surface area contributed by atoms with E-state index in [1.54, 1.807) is 36.4 Å². The van der Waals surface area contributed by atoms with Gasteiger partial charge in [0.1, 0.15) is 0 Å². The molecule has 0 amide bonds. The molecule has 146 valence electrons. The van der Waals surface area contributed by atoms with E-state index < -0.39 is 38.0 Å². The molecule has 8 nitrogen and oxygen atoms in total. The van der Waals surface area contributed by atoms with Crippen molar-refractivity contribution in [3.63, 3.8) is 0 Å². The predicted molar refractivity (Wildman–Crippen MR) is 98.7 cm³/mol. The Morgan fingerprint density at radius 2 is 1.64 bits per heavy atom. The molecule has 0 radical (unpaired) electrons. The van der Waals surface area contributed by atoms with Gasteiger partial charge in [-0.2, -0.15) is 0 Å². The summed E-state index contributed by atoms with van der Waals surface area (Å²) < 4.78 is 36.5. The first-order valence-electron chi connectivity index (χ1n) is 8.31. The van der Waals surface area contributed by atoms with Crippen LogP contribution < -0.4 is 0 Å². The van der Waals surface area contributed by atoms with Gasteiger partial charge in [0.2, 0.25) is 6.29 Å². The fourth-order valence-electron chi connectivity index (χ4n) is 2.74. The van der Waals surface area contributed by atoms with Gasteiger partial charge in [-0.05, 0) is 36.4 Å². The van der Waals surface area contributed by atoms with Gasteiger partial charge in [-0.3, -0.25) is 10.1 Å². The molecule has 1 aliphatic heterocycles. The summed E-state index contributed by atoms with van der Waals surface area (Å²) in [6.07, 6.45) is -0.163. The Labute approximate surface area is 161 Å². The summed E-state index contributed by atoms with van der Waals surface area (Å²) in [5.41, 5.74) is 0.275. The first-order chi connectivity index (χ1) is 13.3. The molecule has 1 heterocycles. The Kier molecular flexibility index (Phi) is 5.30. The van der Waals surface area contributed by atoms with Crippen LogP contribution in [0, 0.1) is 10.1 Å². The number of sulfone groups is 1. The number of hydrogen-bond donors (Lipinski definition) is 0. The average Bonchev–Trinajstić information content (AvgIpc) is 3.17. The second-order valence-corrected chi connectivity index (χ2v) is 8.51. The SMILES string of the molecule is CC([C@@H]1C=C[C@H](OC(=O)c2ccccc2)O1)([N+](=O)[O-])S(=O)(=O)c1ccccc1. The molecule has 0 aliphatic carbocycles. The monoisotopic (exact) mass is 403 g/mol. The second-order valence-electron chi connectivity index (χ2n) is 6.21. The van der Waals surface area contributed by atoms with Gasteiger partial charge in [0.05, 0.1) is 10.5 Å². The van der Waals surface area contributed by atoms with Crippen LogP contribution in [0.2, 0.25) is 0 Å². The number of carbonyl (C=O) groups is 1. The lowest BCUT2D eigenvalue weighted by molar-refractivity contribution is -0.547. The molecular formula is C19H17NO7S. The van der Waals surface area contributed by atoms with Gasteiger partial charge in [0.25, 0.3) is 9.84 Å². The van der Waals surface area contributed by atoms with E-state index in [1.807, 2.05) is 0 Å². The van der Waals surface area contributed by atoms with E-state index in [0.717, 1.165) is 6.92 Å². The van der Waals surface area contributed by atoms with Crippen molar-refractivity contribution in [1.29, 1.82) is 0 Å². The number of rotatable bonds is 6. The molecule has 0 saturated heterocycles. The highest BCUT2D eigenvalue weighted by Crippen LogP contribution is 2.35. The third-order valence-electron chi connectivity index (χ3n) is 4.44. The molecule has 0 saturated carbocycles. The smallest absolute Gasteiger partial charge is 0.349 e. The molecule has 0 fully saturated rings. The number of esters is 1. The quantitative estimate of drug-likeness (QED) is 0.315. The Balaban J connectivity index is 1.82. The first-order valence-corrected chi connectivity index (χ1v) is 9.79. The van der Waals surface area contributed by atoms with Crippen LogP contribution in [0.4, 0.5) is 0 Å². The summed E-state index contributed by atoms with van der Waals surface area (Å²) >= 11 is 0. The molecule has 2 aromatic carbocycles. The minimum Gasteiger partial charge on any atom is -0.428 e. The number of benzene rings is 2. The molecule has 3 rings (SSSR count). The topological polar surface area (TPSA) is 113 Å². The molecule has 28 heavy (non-hydrogen) atoms. The van der Waals surface area contributed by atoms with E-state index in [2.05, 4.69) is 0 Å². The fraction of sp³-hybridized carbons (Fsp3) is 0.211. The largest absolute Gasteiger partial charge is 0.428 e. The zero-order chi connectivity index (χ0) is 20.4. The van der Waals surface area contributed by atoms with E-state index in [9.17, 15) is 23.3 Å². The highest BCUT2D eigenvalue weighted by molar-refractivity contribution is 7.92. The zero-order valence-electron chi connectivity index (χ0n) is 14.8. The number of nitro groups is 1. The van der Waals surface area contributed by atoms with Crippen LogP contribution in [0.5, 0.6) is 0 Å². The molecule has 0 N–H and O–H groups in total. The maximum Gasteiger partial charge on any atom is 0.349 e. The number of nitrogens with zero attached hydrogens (tertiary/aromatic N) is 1. The Hall–Kier alpha value is -3.04. The number of ether oxygens (including phenoxy) is 2. The molecule has 1 unspecified atom stereocenters. The zero-order valence-corrected chi connectivity index (χ0v) is 15.6. The van der Waals surface area contributed by atoms with Crippen LogP contribution in [0.1, 0.15) is 17.3 Å². The van der Waals surface area contributed by atoms with Crippen molar-refractivity contribution in [2.45, 2.75) is 29.1 Å². The molecule has 3 atom stereocenters. The van der Waals surface area contributed by atoms with E-state index in [-0.39, 0.29) is 10.5 Å². The van der Waals surface area contributed by atoms with Crippen molar-refractivity contribution in [2.75, 3.05) is 0 Å². The van der Waals surface area contributed by atoms with Crippen LogP contribution >= 0.6 is 0 Å². The number of carbonyl (C=O) groups excluding carboxylic acids is 1. The first kappa shape index (κ1) is 19.7. The van der Waals surface area contributed by atoms with E-state index in [4.69, 9.17) is 9.47 Å². The van der Waals surface area contributed by atoms with Crippen molar-refractivity contribution < 1.29 is 27.6 Å². The van der Waals surface area contributed by atoms with Crippen molar-refractivity contribution in [3.8, 4) is 0 Å². The van der Waals surface area contributed by atoms with Crippen LogP contribution in [-0.2, 0) is 19.3 Å². The molecule has 2 aromatic rings. The highest BCUT2D eigenvalue weighted by atomic mass is 32.2. The molecule has 0 aromatic heterocycles. The Bertz CT molecular complexity index is 1010. The molecule has 9 heteroatoms. The minimum absolute atomic E-state index is 0.198. The maximum absolute atomic E-state index is 13.0. The van der Waals surface area contributed by atoms with Gasteiger partial charge in [0.15, 0.2) is 6.10 Å². The van der Waals surface area contributed by atoms with E-state index in [1.165, 1.54) is 36.4 Å². The summed E-state index contributed by atoms with van der Waals surface area (Å²) in [5.74, 6) is -0.690. The molecule has 0 spiro atoms. The fourth-order valence-corrected chi connectivity index (χ4v) is 4.37. The van der Waals surface area contributed by atoms with Gasteiger partial charge in [-0.15, -0.1) is 0 Å². The summed E-state index contributed by atoms with van der Waals surface area (Å²) in [6.45, 7) is 0.978. The lowest BCUT2D eigenvalue weighted by Gasteiger charge is -2.26. The van der Waals surface area contributed by atoms with Gasteiger partial charge < -0.3 is 9.47 Å². The molecular weight excluding hydrogens is 386 g/mol. The highest BCUT2D eigenvalue weighted by Gasteiger charge is 2.60. The lowest BCUT2D eigenvalue weighted by atomic mass is 10.2. The lowest BCUT2D eigenvalue weighted by Crippen LogP contribution is -2.53. The third kappa shape index (κ3) is 3.41. The van der Waals surface area contributed by atoms with Crippen LogP contribution in [0.25, 0.3) is 0 Å². The summed E-state index contributed by atoms with van der Waals surface area (Å²) in [6, 6.07) is 15.2. The molecule has 1 aliphatic rings. The second kappa shape index (κ2) is 7.53. The van der Waals surface area contributed by atoms with Gasteiger partial charge in [0, 0.05) is 11.8 Å². The van der Waals surface area contributed by atoms with Gasteiger partial charge >= 0.3 is 10.8 Å². The third-order valence-corrected chi connectivity index (χ3v) is 6.81. The number of hydrogen-bond acceptors (Lipinski definition) is 7. The summed E-state index contributed by atoms with van der Waals surface area (Å²) in [4.78, 5) is 20.3. The average molecular weight is 403 g/mol. The van der Waals surface area contributed by atoms with E-state index in [0.29, 0.717) is 0 Å². The Morgan fingerprint density at radius 3 is 2.21 bits per heavy atom. The van der Waals surface area contributed by atoms with Gasteiger partial charge in [-0.25, -0.2) is 13.2 Å². The summed E-state index contributed by atoms with van der Waals surface area (Å²) in [5, 5.41) is 11.8. The Morgan fingerprint density at radius 1 is 1.07 bits per heavy atom. The molecule has 0 bridgehead atoms. The van der Waals surface area contributed by atoms with Crippen molar-refractivity contribution >= 4 is 15.8 Å². The van der Waals surface area contributed by atoms with E-state index >= 15 is 0 Å². The van der Waals surface area contributed by atoms with Crippen molar-refractivity contribution in [3.05, 3.63) is 88.5 Å². The minimum atomic E-state index is -4.40. The standard InChI is InChI=1S/C19H17NO7S/c1-19(20(22)23,28(24,25)15-10-6-3-7-11-15)16-12-13-17(26-16)27-18(21)14-8-4-2-5-9-14/h2-13,16-17H,1H3/t16-,17-,19?/m0/s1. The van der Waals surface area contributed by atoms with Crippen molar-refractivity contribution in [1.82, 2.24) is 0 Å². The van der Waals surface area contributed by atoms with Gasteiger partial charge in [-0.1, -0.05) is 36.4 Å². The summed E-state index contributed by atoms with van der Waals surface area (Å²) in [7, 11) is -4.40.